The number of thioether (sulfide) groups is 1. The van der Waals surface area contributed by atoms with Crippen molar-refractivity contribution in [2.24, 2.45) is 0 Å². The lowest BCUT2D eigenvalue weighted by molar-refractivity contribution is -0.123. The maximum absolute atomic E-state index is 14.3. The second-order valence-corrected chi connectivity index (χ2v) is 11.5. The van der Waals surface area contributed by atoms with E-state index in [1.807, 2.05) is 41.3 Å². The van der Waals surface area contributed by atoms with Gasteiger partial charge in [-0.05, 0) is 62.2 Å². The zero-order chi connectivity index (χ0) is 24.8. The number of aryl methyl sites for hydroxylation is 1. The van der Waals surface area contributed by atoms with Crippen LogP contribution in [0.4, 0.5) is 16.2 Å². The summed E-state index contributed by atoms with van der Waals surface area (Å²) < 4.78 is 4.92. The van der Waals surface area contributed by atoms with E-state index in [9.17, 15) is 9.59 Å². The van der Waals surface area contributed by atoms with Gasteiger partial charge in [0.25, 0.3) is 5.91 Å². The van der Waals surface area contributed by atoms with Crippen molar-refractivity contribution in [2.45, 2.75) is 36.9 Å². The number of para-hydroxylation sites is 1. The minimum atomic E-state index is -1.13. The molecule has 2 heterocycles. The van der Waals surface area contributed by atoms with E-state index in [0.717, 1.165) is 22.4 Å². The number of nitrogens with zero attached hydrogens (tertiary/aromatic N) is 2. The number of hydrogen-bond donors (Lipinski definition) is 1. The molecule has 180 valence electrons. The molecule has 5 rings (SSSR count). The summed E-state index contributed by atoms with van der Waals surface area (Å²) in [7, 11) is 1.60. The van der Waals surface area contributed by atoms with Crippen LogP contribution in [0.5, 0.6) is 5.75 Å². The van der Waals surface area contributed by atoms with Crippen LogP contribution in [0, 0.1) is 6.92 Å². The van der Waals surface area contributed by atoms with Gasteiger partial charge in [0.1, 0.15) is 5.75 Å². The number of fused-ring (bicyclic) bond motifs is 2. The molecule has 0 saturated carbocycles. The maximum Gasteiger partial charge on any atom is 0.323 e. The summed E-state index contributed by atoms with van der Waals surface area (Å²) >= 11 is 1.55. The molecular formula is C28H29N3O3S. The highest BCUT2D eigenvalue weighted by atomic mass is 32.2. The van der Waals surface area contributed by atoms with E-state index in [1.54, 1.807) is 48.0 Å². The van der Waals surface area contributed by atoms with Gasteiger partial charge in [-0.25, -0.2) is 4.79 Å². The molecule has 0 unspecified atom stereocenters. The van der Waals surface area contributed by atoms with Gasteiger partial charge in [0.15, 0.2) is 4.87 Å². The van der Waals surface area contributed by atoms with E-state index in [4.69, 9.17) is 4.74 Å². The highest BCUT2D eigenvalue weighted by molar-refractivity contribution is 8.02. The minimum absolute atomic E-state index is 0.0811. The molecule has 0 radical (unpaired) electrons. The van der Waals surface area contributed by atoms with Crippen molar-refractivity contribution >= 4 is 35.1 Å². The van der Waals surface area contributed by atoms with E-state index < -0.39 is 4.87 Å². The number of urea groups is 1. The Morgan fingerprint density at radius 1 is 1.03 bits per heavy atom. The molecule has 1 atom stereocenters. The number of amides is 3. The van der Waals surface area contributed by atoms with E-state index >= 15 is 0 Å². The summed E-state index contributed by atoms with van der Waals surface area (Å²) in [5.74, 6) is 0.631. The van der Waals surface area contributed by atoms with Crippen molar-refractivity contribution in [3.8, 4) is 5.75 Å². The van der Waals surface area contributed by atoms with Crippen LogP contribution in [0.2, 0.25) is 0 Å². The Morgan fingerprint density at radius 2 is 1.71 bits per heavy atom. The molecule has 3 aromatic carbocycles. The Labute approximate surface area is 210 Å². The van der Waals surface area contributed by atoms with Gasteiger partial charge >= 0.3 is 6.03 Å². The molecule has 0 aromatic heterocycles. The normalized spacial score (nSPS) is 20.3. The molecule has 2 aliphatic heterocycles. The Balaban J connectivity index is 1.54. The highest BCUT2D eigenvalue weighted by Gasteiger charge is 2.63. The Kier molecular flexibility index (Phi) is 5.75. The van der Waals surface area contributed by atoms with Gasteiger partial charge in [0.05, 0.1) is 19.3 Å². The first-order valence-corrected chi connectivity index (χ1v) is 12.5. The lowest BCUT2D eigenvalue weighted by Crippen LogP contribution is -2.51. The number of carbonyl (C=O) groups is 2. The summed E-state index contributed by atoms with van der Waals surface area (Å²) in [4.78, 5) is 30.4. The number of methoxy groups -OCH3 is 1. The predicted octanol–water partition coefficient (Wildman–Crippen LogP) is 5.76. The molecule has 3 aromatic rings. The Bertz CT molecular complexity index is 1290. The standard InChI is InChI=1S/C28H29N3O3S/c1-19-9-5-6-10-20(19)17-30-24-12-8-7-11-23(24)28(25(30)32)31(18-27(2,3)35-28)26(33)29-21-13-15-22(34-4)16-14-21/h5-16H,17-18H2,1-4H3,(H,29,33)/t28-/m1/s1. The topological polar surface area (TPSA) is 61.9 Å². The number of hydrogen-bond acceptors (Lipinski definition) is 4. The summed E-state index contributed by atoms with van der Waals surface area (Å²) in [5, 5.41) is 3.00. The number of nitrogens with one attached hydrogen (secondary N) is 1. The lowest BCUT2D eigenvalue weighted by atomic mass is 10.1. The molecule has 1 saturated heterocycles. The van der Waals surface area contributed by atoms with Crippen molar-refractivity contribution in [1.29, 1.82) is 0 Å². The van der Waals surface area contributed by atoms with Crippen LogP contribution in [0.15, 0.2) is 72.8 Å². The smallest absolute Gasteiger partial charge is 0.323 e. The van der Waals surface area contributed by atoms with Crippen LogP contribution in [-0.2, 0) is 16.2 Å². The van der Waals surface area contributed by atoms with Crippen molar-refractivity contribution in [3.05, 3.63) is 89.5 Å². The molecular weight excluding hydrogens is 458 g/mol. The SMILES string of the molecule is COc1ccc(NC(=O)N2CC(C)(C)S[C@]23C(=O)N(Cc2ccccc2C)c2ccccc23)cc1. The second kappa shape index (κ2) is 8.64. The third-order valence-corrected chi connectivity index (χ3v) is 8.21. The summed E-state index contributed by atoms with van der Waals surface area (Å²) in [6.07, 6.45) is 0. The van der Waals surface area contributed by atoms with E-state index in [-0.39, 0.29) is 16.7 Å². The Morgan fingerprint density at radius 3 is 2.43 bits per heavy atom. The number of anilines is 2. The van der Waals surface area contributed by atoms with E-state index in [2.05, 4.69) is 38.2 Å². The lowest BCUT2D eigenvalue weighted by Gasteiger charge is -2.33. The number of carbonyl (C=O) groups excluding carboxylic acids is 2. The number of ether oxygens (including phenoxy) is 1. The fourth-order valence-electron chi connectivity index (χ4n) is 4.94. The highest BCUT2D eigenvalue weighted by Crippen LogP contribution is 2.59. The van der Waals surface area contributed by atoms with Crippen molar-refractivity contribution in [3.63, 3.8) is 0 Å². The van der Waals surface area contributed by atoms with Crippen LogP contribution in [0.1, 0.15) is 30.5 Å². The zero-order valence-corrected chi connectivity index (χ0v) is 21.2. The molecule has 7 heteroatoms. The first-order chi connectivity index (χ1) is 16.7. The minimum Gasteiger partial charge on any atom is -0.497 e. The first-order valence-electron chi connectivity index (χ1n) is 11.6. The molecule has 0 bridgehead atoms. The fourth-order valence-corrected chi connectivity index (χ4v) is 6.67. The van der Waals surface area contributed by atoms with Gasteiger partial charge in [0.2, 0.25) is 0 Å². The molecule has 6 nitrogen and oxygen atoms in total. The Hall–Kier alpha value is -3.45. The van der Waals surface area contributed by atoms with Crippen LogP contribution in [0.3, 0.4) is 0 Å². The molecule has 0 aliphatic carbocycles. The average molecular weight is 488 g/mol. The summed E-state index contributed by atoms with van der Waals surface area (Å²) in [6, 6.07) is 22.8. The largest absolute Gasteiger partial charge is 0.497 e. The van der Waals surface area contributed by atoms with E-state index in [1.165, 1.54) is 0 Å². The monoisotopic (exact) mass is 487 g/mol. The quantitative estimate of drug-likeness (QED) is 0.508. The molecule has 2 aliphatic rings. The molecule has 1 spiro atoms. The third kappa shape index (κ3) is 3.93. The van der Waals surface area contributed by atoms with Crippen molar-refractivity contribution in [2.75, 3.05) is 23.9 Å². The average Bonchev–Trinajstić information content (AvgIpc) is 3.27. The van der Waals surface area contributed by atoms with Gasteiger partial charge in [-0.1, -0.05) is 42.5 Å². The van der Waals surface area contributed by atoms with Gasteiger partial charge in [0, 0.05) is 22.5 Å². The molecule has 35 heavy (non-hydrogen) atoms. The molecule has 3 amide bonds. The van der Waals surface area contributed by atoms with Gasteiger partial charge in [-0.3, -0.25) is 9.69 Å². The van der Waals surface area contributed by atoms with Crippen LogP contribution in [-0.4, -0.2) is 35.2 Å². The third-order valence-electron chi connectivity index (χ3n) is 6.61. The van der Waals surface area contributed by atoms with Crippen molar-refractivity contribution in [1.82, 2.24) is 4.90 Å². The predicted molar refractivity (Wildman–Crippen MR) is 141 cm³/mol. The number of rotatable bonds is 4. The summed E-state index contributed by atoms with van der Waals surface area (Å²) in [5.41, 5.74) is 4.58. The molecule has 1 N–H and O–H groups in total. The maximum atomic E-state index is 14.3. The number of benzene rings is 3. The summed E-state index contributed by atoms with van der Waals surface area (Å²) in [6.45, 7) is 7.12. The first kappa shape index (κ1) is 23.3. The second-order valence-electron chi connectivity index (χ2n) is 9.59. The van der Waals surface area contributed by atoms with Crippen molar-refractivity contribution < 1.29 is 14.3 Å². The van der Waals surface area contributed by atoms with Crippen LogP contribution < -0.4 is 15.0 Å². The fraction of sp³-hybridized carbons (Fsp3) is 0.286. The van der Waals surface area contributed by atoms with Gasteiger partial charge < -0.3 is 15.0 Å². The zero-order valence-electron chi connectivity index (χ0n) is 20.4. The van der Waals surface area contributed by atoms with Gasteiger partial charge in [-0.15, -0.1) is 11.8 Å². The van der Waals surface area contributed by atoms with Gasteiger partial charge in [-0.2, -0.15) is 0 Å². The molecule has 1 fully saturated rings. The van der Waals surface area contributed by atoms with E-state index in [0.29, 0.717) is 24.5 Å². The van der Waals surface area contributed by atoms with Crippen LogP contribution in [0.25, 0.3) is 0 Å². The van der Waals surface area contributed by atoms with Crippen LogP contribution >= 0.6 is 11.8 Å².